The first-order chi connectivity index (χ1) is 15.7. The minimum atomic E-state index is -1.23. The Bertz CT molecular complexity index is 1110. The van der Waals surface area contributed by atoms with E-state index in [2.05, 4.69) is 24.8 Å². The Kier molecular flexibility index (Phi) is 4.73. The van der Waals surface area contributed by atoms with Crippen LogP contribution in [-0.4, -0.2) is 66.1 Å². The van der Waals surface area contributed by atoms with Gasteiger partial charge in [-0.05, 0) is 38.3 Å². The molecule has 7 heteroatoms. The number of aliphatic hydroxyl groups excluding tert-OH is 1. The molecule has 7 nitrogen and oxygen atoms in total. The van der Waals surface area contributed by atoms with Gasteiger partial charge in [-0.2, -0.15) is 0 Å². The number of hydrogen-bond acceptors (Lipinski definition) is 7. The van der Waals surface area contributed by atoms with E-state index in [-0.39, 0.29) is 19.3 Å². The van der Waals surface area contributed by atoms with Crippen LogP contribution < -0.4 is 0 Å². The Hall–Kier alpha value is -2.51. The first-order valence-corrected chi connectivity index (χ1v) is 11.6. The van der Waals surface area contributed by atoms with Gasteiger partial charge in [0.1, 0.15) is 12.0 Å². The van der Waals surface area contributed by atoms with Crippen molar-refractivity contribution in [1.82, 2.24) is 4.90 Å². The van der Waals surface area contributed by atoms with Gasteiger partial charge in [-0.1, -0.05) is 36.8 Å². The van der Waals surface area contributed by atoms with Gasteiger partial charge in [0, 0.05) is 24.9 Å². The SMILES string of the molecule is CC=C1CN2[C@H](CO)C[C@]34C(=Nc5ccccc53)[C@]2(C)C[C@]1(C)[C@]4(COC(C)=O)C(=O)OC. The minimum absolute atomic E-state index is 0.0364. The molecule has 0 aromatic heterocycles. The molecule has 3 bridgehead atoms. The van der Waals surface area contributed by atoms with Crippen molar-refractivity contribution < 1.29 is 24.2 Å². The largest absolute Gasteiger partial charge is 0.468 e. The number of para-hydroxylation sites is 1. The van der Waals surface area contributed by atoms with Crippen LogP contribution in [0.2, 0.25) is 0 Å². The number of esters is 2. The van der Waals surface area contributed by atoms with Crippen molar-refractivity contribution in [1.29, 1.82) is 0 Å². The van der Waals surface area contributed by atoms with Gasteiger partial charge in [-0.15, -0.1) is 0 Å². The van der Waals surface area contributed by atoms with Crippen LogP contribution in [0.1, 0.15) is 46.1 Å². The summed E-state index contributed by atoms with van der Waals surface area (Å²) in [6.07, 6.45) is 3.19. The number of allylic oxidation sites excluding steroid dienone is 1. The molecule has 1 aromatic rings. The van der Waals surface area contributed by atoms with Gasteiger partial charge in [0.2, 0.25) is 0 Å². The van der Waals surface area contributed by atoms with Crippen molar-refractivity contribution in [3.05, 3.63) is 41.5 Å². The van der Waals surface area contributed by atoms with Crippen molar-refractivity contribution in [2.45, 2.75) is 57.5 Å². The number of piperidine rings is 2. The maximum Gasteiger partial charge on any atom is 0.317 e. The van der Waals surface area contributed by atoms with Gasteiger partial charge in [-0.25, -0.2) is 0 Å². The lowest BCUT2D eigenvalue weighted by molar-refractivity contribution is -0.197. The first-order valence-electron chi connectivity index (χ1n) is 11.6. The predicted molar refractivity (Wildman–Crippen MR) is 123 cm³/mol. The normalized spacial score (nSPS) is 39.6. The summed E-state index contributed by atoms with van der Waals surface area (Å²) in [5, 5.41) is 10.5. The average molecular weight is 453 g/mol. The molecule has 1 aliphatic carbocycles. The summed E-state index contributed by atoms with van der Waals surface area (Å²) in [5.41, 5.74) is 0.599. The van der Waals surface area contributed by atoms with Crippen LogP contribution in [0, 0.1) is 10.8 Å². The number of aliphatic hydroxyl groups is 1. The highest BCUT2D eigenvalue weighted by Crippen LogP contribution is 2.74. The van der Waals surface area contributed by atoms with Gasteiger partial charge in [-0.3, -0.25) is 19.5 Å². The third-order valence-electron chi connectivity index (χ3n) is 9.13. The molecule has 33 heavy (non-hydrogen) atoms. The molecule has 0 unspecified atom stereocenters. The van der Waals surface area contributed by atoms with Crippen molar-refractivity contribution in [3.63, 3.8) is 0 Å². The molecular formula is C26H32N2O5. The highest BCUT2D eigenvalue weighted by atomic mass is 16.5. The third kappa shape index (κ3) is 2.34. The summed E-state index contributed by atoms with van der Waals surface area (Å²) in [4.78, 5) is 33.8. The van der Waals surface area contributed by atoms with Crippen molar-refractivity contribution in [2.75, 3.05) is 26.9 Å². The number of ether oxygens (including phenoxy) is 2. The fourth-order valence-electron chi connectivity index (χ4n) is 7.91. The molecule has 0 amide bonds. The lowest BCUT2D eigenvalue weighted by Gasteiger charge is -2.73. The van der Waals surface area contributed by atoms with E-state index in [4.69, 9.17) is 14.5 Å². The fourth-order valence-corrected chi connectivity index (χ4v) is 7.91. The molecule has 2 saturated heterocycles. The molecular weight excluding hydrogens is 420 g/mol. The highest BCUT2D eigenvalue weighted by molar-refractivity contribution is 6.13. The van der Waals surface area contributed by atoms with Crippen LogP contribution in [-0.2, 0) is 24.5 Å². The number of fused-ring (bicyclic) bond motifs is 2. The zero-order chi connectivity index (χ0) is 23.8. The number of hydrogen-bond donors (Lipinski definition) is 1. The third-order valence-corrected chi connectivity index (χ3v) is 9.13. The summed E-state index contributed by atoms with van der Waals surface area (Å²) in [5.74, 6) is -0.838. The fraction of sp³-hybridized carbons (Fsp3) is 0.577. The molecule has 5 atom stereocenters. The van der Waals surface area contributed by atoms with Crippen LogP contribution in [0.15, 0.2) is 40.9 Å². The van der Waals surface area contributed by atoms with Gasteiger partial charge in [0.15, 0.2) is 0 Å². The standard InChI is InChI=1S/C26H32N2O5/c1-6-17-12-28-18(13-29)11-25-19-9-7-8-10-20(19)27-21(25)24(28,4)14-23(17,3)26(25,22(31)32-5)15-33-16(2)30/h6-10,18,29H,11-15H2,1-5H3/t18-,23-,24-,25+,26-/m0/s1. The molecule has 5 rings (SSSR count). The maximum atomic E-state index is 14.1. The predicted octanol–water partition coefficient (Wildman–Crippen LogP) is 2.93. The number of aliphatic imine (C=N–C) groups is 1. The number of nitrogens with zero attached hydrogens (tertiary/aromatic N) is 2. The summed E-state index contributed by atoms with van der Waals surface area (Å²) >= 11 is 0. The lowest BCUT2D eigenvalue weighted by Crippen LogP contribution is -2.83. The van der Waals surface area contributed by atoms with E-state index in [1.807, 2.05) is 31.2 Å². The average Bonchev–Trinajstić information content (AvgIpc) is 3.14. The number of benzene rings is 1. The number of methoxy groups -OCH3 is 1. The number of rotatable bonds is 4. The van der Waals surface area contributed by atoms with Gasteiger partial charge >= 0.3 is 11.9 Å². The minimum Gasteiger partial charge on any atom is -0.468 e. The molecule has 3 fully saturated rings. The summed E-state index contributed by atoms with van der Waals surface area (Å²) in [6, 6.07) is 7.75. The van der Waals surface area contributed by atoms with Gasteiger partial charge < -0.3 is 14.6 Å². The van der Waals surface area contributed by atoms with E-state index in [9.17, 15) is 14.7 Å². The summed E-state index contributed by atoms with van der Waals surface area (Å²) < 4.78 is 11.3. The summed E-state index contributed by atoms with van der Waals surface area (Å²) in [6.45, 7) is 8.13. The van der Waals surface area contributed by atoms with Crippen molar-refractivity contribution >= 4 is 23.3 Å². The Morgan fingerprint density at radius 1 is 1.30 bits per heavy atom. The summed E-state index contributed by atoms with van der Waals surface area (Å²) in [7, 11) is 1.40. The van der Waals surface area contributed by atoms with E-state index >= 15 is 0 Å². The van der Waals surface area contributed by atoms with Crippen LogP contribution >= 0.6 is 0 Å². The Morgan fingerprint density at radius 3 is 2.67 bits per heavy atom. The van der Waals surface area contributed by atoms with Gasteiger partial charge in [0.25, 0.3) is 0 Å². The van der Waals surface area contributed by atoms with Crippen molar-refractivity contribution in [3.8, 4) is 0 Å². The zero-order valence-corrected chi connectivity index (χ0v) is 20.0. The Labute approximate surface area is 194 Å². The van der Waals surface area contributed by atoms with Gasteiger partial charge in [0.05, 0.1) is 36.1 Å². The van der Waals surface area contributed by atoms with E-state index in [1.54, 1.807) is 0 Å². The van der Waals surface area contributed by atoms with E-state index in [1.165, 1.54) is 14.0 Å². The second-order valence-corrected chi connectivity index (χ2v) is 10.3. The molecule has 4 aliphatic rings. The molecule has 3 heterocycles. The smallest absolute Gasteiger partial charge is 0.317 e. The molecule has 0 radical (unpaired) electrons. The first kappa shape index (κ1) is 22.3. The second-order valence-electron chi connectivity index (χ2n) is 10.3. The molecule has 0 spiro atoms. The number of carbonyl (C=O) groups is 2. The molecule has 1 saturated carbocycles. The Morgan fingerprint density at radius 2 is 2.03 bits per heavy atom. The Balaban J connectivity index is 1.94. The van der Waals surface area contributed by atoms with E-state index in [0.717, 1.165) is 22.5 Å². The molecule has 1 aromatic carbocycles. The molecule has 1 N–H and O–H groups in total. The van der Waals surface area contributed by atoms with Crippen LogP contribution in [0.4, 0.5) is 5.69 Å². The van der Waals surface area contributed by atoms with E-state index < -0.39 is 33.7 Å². The van der Waals surface area contributed by atoms with E-state index in [0.29, 0.717) is 19.4 Å². The van der Waals surface area contributed by atoms with Crippen LogP contribution in [0.25, 0.3) is 0 Å². The number of carbonyl (C=O) groups excluding carboxylic acids is 2. The monoisotopic (exact) mass is 452 g/mol. The van der Waals surface area contributed by atoms with Crippen molar-refractivity contribution in [2.24, 2.45) is 15.8 Å². The molecule has 3 aliphatic heterocycles. The highest BCUT2D eigenvalue weighted by Gasteiger charge is 2.81. The van der Waals surface area contributed by atoms with Crippen LogP contribution in [0.3, 0.4) is 0 Å². The topological polar surface area (TPSA) is 88.4 Å². The second kappa shape index (κ2) is 7.00. The van der Waals surface area contributed by atoms with Crippen LogP contribution in [0.5, 0.6) is 0 Å². The zero-order valence-electron chi connectivity index (χ0n) is 20.0. The lowest BCUT2D eigenvalue weighted by atomic mass is 9.35. The molecule has 176 valence electrons. The quantitative estimate of drug-likeness (QED) is 0.558. The maximum absolute atomic E-state index is 14.1.